The van der Waals surface area contributed by atoms with Crippen LogP contribution in [-0.2, 0) is 33.6 Å². The summed E-state index contributed by atoms with van der Waals surface area (Å²) in [4.78, 5) is 87.8. The van der Waals surface area contributed by atoms with Crippen molar-refractivity contribution in [3.63, 3.8) is 0 Å². The molecule has 1 heterocycles. The molecule has 17 heteroatoms. The van der Waals surface area contributed by atoms with Crippen LogP contribution in [0.15, 0.2) is 0 Å². The third-order valence-corrected chi connectivity index (χ3v) is 6.55. The van der Waals surface area contributed by atoms with Crippen molar-refractivity contribution < 1.29 is 38.7 Å². The van der Waals surface area contributed by atoms with Gasteiger partial charge in [-0.15, -0.1) is 0 Å². The molecule has 0 radical (unpaired) electrons. The lowest BCUT2D eigenvalue weighted by Crippen LogP contribution is -2.60. The molecule has 7 amide bonds. The second-order valence-corrected chi connectivity index (χ2v) is 10.2. The van der Waals surface area contributed by atoms with E-state index in [1.807, 2.05) is 0 Å². The summed E-state index contributed by atoms with van der Waals surface area (Å²) in [5.41, 5.74) is 15.8. The Hall–Kier alpha value is -3.44. The van der Waals surface area contributed by atoms with Gasteiger partial charge in [-0.25, -0.2) is 0 Å². The third kappa shape index (κ3) is 10.3. The second-order valence-electron chi connectivity index (χ2n) is 9.85. The van der Waals surface area contributed by atoms with Gasteiger partial charge in [0.15, 0.2) is 0 Å². The summed E-state index contributed by atoms with van der Waals surface area (Å²) in [6, 6.07) is -6.09. The topological polar surface area (TPSA) is 269 Å². The predicted octanol–water partition coefficient (Wildman–Crippen LogP) is -4.80. The summed E-state index contributed by atoms with van der Waals surface area (Å²) >= 11 is 4.13. The van der Waals surface area contributed by atoms with E-state index in [1.165, 1.54) is 11.8 Å². The lowest BCUT2D eigenvalue weighted by molar-refractivity contribution is -0.142. The van der Waals surface area contributed by atoms with Gasteiger partial charge in [-0.2, -0.15) is 12.6 Å². The average molecular weight is 589 g/mol. The molecule has 0 aromatic carbocycles. The molecule has 0 unspecified atom stereocenters. The Morgan fingerprint density at radius 1 is 0.925 bits per heavy atom. The maximum Gasteiger partial charge on any atom is 0.246 e. The normalized spacial score (nSPS) is 18.6. The van der Waals surface area contributed by atoms with Gasteiger partial charge in [-0.3, -0.25) is 33.6 Å². The largest absolute Gasteiger partial charge is 0.391 e. The minimum absolute atomic E-state index is 0.183. The first kappa shape index (κ1) is 34.6. The molecule has 0 aromatic heterocycles. The number of primary amides is 2. The highest BCUT2D eigenvalue weighted by atomic mass is 32.1. The van der Waals surface area contributed by atoms with Gasteiger partial charge < -0.3 is 48.5 Å². The van der Waals surface area contributed by atoms with Crippen LogP contribution in [0.2, 0.25) is 0 Å². The molecule has 40 heavy (non-hydrogen) atoms. The first-order valence-corrected chi connectivity index (χ1v) is 13.3. The zero-order valence-electron chi connectivity index (χ0n) is 22.7. The SMILES string of the molecule is CC(C)[C@H](NC(=O)[C@@H]1CCCN1C(=O)[C@H](CS)NC(=O)[C@H](CC(N)=O)NC(=O)[C@@H](N)[C@@H](C)O)C(=O)NCC(N)=O. The molecule has 1 aliphatic rings. The molecule has 1 rings (SSSR count). The number of nitrogens with zero attached hydrogens (tertiary/aromatic N) is 1. The summed E-state index contributed by atoms with van der Waals surface area (Å²) in [7, 11) is 0. The van der Waals surface area contributed by atoms with E-state index in [-0.39, 0.29) is 24.6 Å². The van der Waals surface area contributed by atoms with Gasteiger partial charge in [0.05, 0.1) is 19.1 Å². The molecule has 0 saturated carbocycles. The molecule has 1 fully saturated rings. The van der Waals surface area contributed by atoms with Crippen molar-refractivity contribution in [2.45, 2.75) is 76.3 Å². The quantitative estimate of drug-likeness (QED) is 0.0829. The van der Waals surface area contributed by atoms with Gasteiger partial charge in [0.25, 0.3) is 0 Å². The minimum Gasteiger partial charge on any atom is -0.391 e. The molecule has 0 aliphatic carbocycles. The van der Waals surface area contributed by atoms with Crippen LogP contribution in [-0.4, -0.2) is 107 Å². The average Bonchev–Trinajstić information content (AvgIpc) is 3.36. The van der Waals surface area contributed by atoms with Crippen LogP contribution < -0.4 is 38.5 Å². The molecule has 0 bridgehead atoms. The van der Waals surface area contributed by atoms with Crippen molar-refractivity contribution in [3.8, 4) is 0 Å². The van der Waals surface area contributed by atoms with Gasteiger partial charge in [0.1, 0.15) is 30.2 Å². The second kappa shape index (κ2) is 16.0. The Morgan fingerprint density at radius 3 is 2.02 bits per heavy atom. The molecule has 6 atom stereocenters. The maximum absolute atomic E-state index is 13.3. The molecule has 11 N–H and O–H groups in total. The number of likely N-dealkylation sites (tertiary alicyclic amines) is 1. The van der Waals surface area contributed by atoms with Gasteiger partial charge in [-0.05, 0) is 25.7 Å². The molecule has 226 valence electrons. The summed E-state index contributed by atoms with van der Waals surface area (Å²) in [5, 5.41) is 19.1. The lowest BCUT2D eigenvalue weighted by atomic mass is 10.0. The Kier molecular flexibility index (Phi) is 13.8. The van der Waals surface area contributed by atoms with Crippen LogP contribution >= 0.6 is 12.6 Å². The van der Waals surface area contributed by atoms with E-state index in [0.29, 0.717) is 6.42 Å². The van der Waals surface area contributed by atoms with Gasteiger partial charge in [-0.1, -0.05) is 13.8 Å². The number of amides is 7. The first-order chi connectivity index (χ1) is 18.6. The van der Waals surface area contributed by atoms with Crippen LogP contribution in [0.25, 0.3) is 0 Å². The number of hydrogen-bond donors (Lipinski definition) is 9. The zero-order valence-corrected chi connectivity index (χ0v) is 23.6. The number of nitrogens with one attached hydrogen (secondary N) is 4. The summed E-state index contributed by atoms with van der Waals surface area (Å²) in [5.74, 6) is -5.93. The number of carbonyl (C=O) groups excluding carboxylic acids is 7. The van der Waals surface area contributed by atoms with Crippen molar-refractivity contribution in [2.24, 2.45) is 23.1 Å². The van der Waals surface area contributed by atoms with Crippen molar-refractivity contribution in [1.82, 2.24) is 26.2 Å². The molecule has 1 saturated heterocycles. The van der Waals surface area contributed by atoms with Gasteiger partial charge in [0, 0.05) is 12.3 Å². The highest BCUT2D eigenvalue weighted by molar-refractivity contribution is 7.80. The summed E-state index contributed by atoms with van der Waals surface area (Å²) in [6.45, 7) is 4.42. The lowest BCUT2D eigenvalue weighted by Gasteiger charge is -2.30. The summed E-state index contributed by atoms with van der Waals surface area (Å²) < 4.78 is 0. The molecular formula is C23H40N8O8S. The van der Waals surface area contributed by atoms with Gasteiger partial charge >= 0.3 is 0 Å². The van der Waals surface area contributed by atoms with Crippen LogP contribution in [0.5, 0.6) is 0 Å². The predicted molar refractivity (Wildman–Crippen MR) is 145 cm³/mol. The van der Waals surface area contributed by atoms with E-state index in [9.17, 15) is 38.7 Å². The van der Waals surface area contributed by atoms with Crippen molar-refractivity contribution >= 4 is 54.0 Å². The number of carbonyl (C=O) groups is 7. The highest BCUT2D eigenvalue weighted by Gasteiger charge is 2.39. The number of thiol groups is 1. The molecule has 0 spiro atoms. The Bertz CT molecular complexity index is 979. The van der Waals surface area contributed by atoms with Crippen LogP contribution in [0.3, 0.4) is 0 Å². The van der Waals surface area contributed by atoms with E-state index < -0.39 is 90.6 Å². The fourth-order valence-electron chi connectivity index (χ4n) is 3.93. The summed E-state index contributed by atoms with van der Waals surface area (Å²) in [6.07, 6.45) is -1.10. The monoisotopic (exact) mass is 588 g/mol. The Balaban J connectivity index is 3.00. The standard InChI is InChI=1S/C23H40N8O8S/c1-10(2)18(22(38)27-8-16(25)34)30-20(36)14-5-4-6-31(14)23(39)13(9-40)29-19(35)12(7-15(24)33)28-21(37)17(26)11(3)32/h10-14,17-18,32,40H,4-9,26H2,1-3H3,(H2,24,33)(H2,25,34)(H,27,38)(H,28,37)(H,29,35)(H,30,36)/t11-,12+,13+,14+,17+,18+/m1/s1. The Morgan fingerprint density at radius 2 is 1.52 bits per heavy atom. The van der Waals surface area contributed by atoms with E-state index in [0.717, 1.165) is 0 Å². The smallest absolute Gasteiger partial charge is 0.246 e. The van der Waals surface area contributed by atoms with Crippen LogP contribution in [0.4, 0.5) is 0 Å². The zero-order chi connectivity index (χ0) is 30.7. The highest BCUT2D eigenvalue weighted by Crippen LogP contribution is 2.20. The minimum atomic E-state index is -1.49. The maximum atomic E-state index is 13.3. The van der Waals surface area contributed by atoms with Crippen LogP contribution in [0.1, 0.15) is 40.0 Å². The van der Waals surface area contributed by atoms with E-state index in [2.05, 4.69) is 33.9 Å². The number of nitrogens with two attached hydrogens (primary N) is 3. The Labute approximate surface area is 237 Å². The first-order valence-electron chi connectivity index (χ1n) is 12.7. The fourth-order valence-corrected chi connectivity index (χ4v) is 4.17. The fraction of sp³-hybridized carbons (Fsp3) is 0.696. The number of aliphatic hydroxyl groups excluding tert-OH is 1. The molecule has 16 nitrogen and oxygen atoms in total. The van der Waals surface area contributed by atoms with Crippen molar-refractivity contribution in [2.75, 3.05) is 18.8 Å². The third-order valence-electron chi connectivity index (χ3n) is 6.18. The van der Waals surface area contributed by atoms with E-state index in [1.54, 1.807) is 13.8 Å². The van der Waals surface area contributed by atoms with Crippen molar-refractivity contribution in [1.29, 1.82) is 0 Å². The molecule has 1 aliphatic heterocycles. The van der Waals surface area contributed by atoms with Crippen LogP contribution in [0, 0.1) is 5.92 Å². The van der Waals surface area contributed by atoms with Gasteiger partial charge in [0.2, 0.25) is 41.4 Å². The molecular weight excluding hydrogens is 548 g/mol. The number of aliphatic hydroxyl groups is 1. The van der Waals surface area contributed by atoms with E-state index in [4.69, 9.17) is 17.2 Å². The molecule has 0 aromatic rings. The van der Waals surface area contributed by atoms with Crippen molar-refractivity contribution in [3.05, 3.63) is 0 Å². The van der Waals surface area contributed by atoms with E-state index >= 15 is 0 Å². The number of rotatable bonds is 15. The number of hydrogen-bond acceptors (Lipinski definition) is 10.